The Kier molecular flexibility index (Phi) is 5.42. The Labute approximate surface area is 110 Å². The summed E-state index contributed by atoms with van der Waals surface area (Å²) in [6.45, 7) is 3.08. The molecule has 0 aromatic rings. The van der Waals surface area contributed by atoms with E-state index in [-0.39, 0.29) is 12.2 Å². The fourth-order valence-corrected chi connectivity index (χ4v) is 3.36. The van der Waals surface area contributed by atoms with Crippen LogP contribution >= 0.6 is 0 Å². The molecule has 4 heteroatoms. The van der Waals surface area contributed by atoms with Gasteiger partial charge in [-0.05, 0) is 32.1 Å². The van der Waals surface area contributed by atoms with Crippen molar-refractivity contribution < 1.29 is 14.6 Å². The van der Waals surface area contributed by atoms with E-state index < -0.39 is 0 Å². The maximum absolute atomic E-state index is 9.43. The van der Waals surface area contributed by atoms with Gasteiger partial charge in [-0.1, -0.05) is 12.8 Å². The van der Waals surface area contributed by atoms with Crippen LogP contribution < -0.4 is 5.32 Å². The SMILES string of the molecule is CCOC1CC(NC2CCCCC2CO)C1OC. The summed E-state index contributed by atoms with van der Waals surface area (Å²) >= 11 is 0. The first-order valence-electron chi connectivity index (χ1n) is 7.31. The first-order valence-corrected chi connectivity index (χ1v) is 7.31. The van der Waals surface area contributed by atoms with Crippen LogP contribution in [0.5, 0.6) is 0 Å². The summed E-state index contributed by atoms with van der Waals surface area (Å²) in [5, 5.41) is 13.1. The predicted octanol–water partition coefficient (Wildman–Crippen LogP) is 1.32. The molecule has 2 saturated carbocycles. The molecule has 2 aliphatic carbocycles. The number of methoxy groups -OCH3 is 1. The summed E-state index contributed by atoms with van der Waals surface area (Å²) < 4.78 is 11.2. The van der Waals surface area contributed by atoms with E-state index in [2.05, 4.69) is 5.32 Å². The molecule has 0 aliphatic heterocycles. The van der Waals surface area contributed by atoms with Gasteiger partial charge in [0.2, 0.25) is 0 Å². The van der Waals surface area contributed by atoms with Crippen molar-refractivity contribution >= 4 is 0 Å². The van der Waals surface area contributed by atoms with Gasteiger partial charge < -0.3 is 19.9 Å². The van der Waals surface area contributed by atoms with E-state index in [1.807, 2.05) is 6.92 Å². The zero-order valence-electron chi connectivity index (χ0n) is 11.6. The Morgan fingerprint density at radius 2 is 2.00 bits per heavy atom. The minimum absolute atomic E-state index is 0.172. The lowest BCUT2D eigenvalue weighted by Crippen LogP contribution is -2.63. The van der Waals surface area contributed by atoms with Crippen LogP contribution in [0.3, 0.4) is 0 Å². The molecular formula is C14H27NO3. The number of aliphatic hydroxyl groups is 1. The summed E-state index contributed by atoms with van der Waals surface area (Å²) in [5.41, 5.74) is 0. The van der Waals surface area contributed by atoms with Crippen molar-refractivity contribution in [2.45, 2.75) is 63.3 Å². The molecule has 0 spiro atoms. The molecule has 5 atom stereocenters. The fraction of sp³-hybridized carbons (Fsp3) is 1.00. The second kappa shape index (κ2) is 6.85. The van der Waals surface area contributed by atoms with Crippen molar-refractivity contribution in [2.75, 3.05) is 20.3 Å². The minimum Gasteiger partial charge on any atom is -0.396 e. The minimum atomic E-state index is 0.172. The third kappa shape index (κ3) is 3.05. The quantitative estimate of drug-likeness (QED) is 0.753. The Morgan fingerprint density at radius 1 is 1.22 bits per heavy atom. The van der Waals surface area contributed by atoms with Crippen molar-refractivity contribution in [3.05, 3.63) is 0 Å². The number of ether oxygens (including phenoxy) is 2. The van der Waals surface area contributed by atoms with E-state index in [1.54, 1.807) is 7.11 Å². The number of hydrogen-bond donors (Lipinski definition) is 2. The van der Waals surface area contributed by atoms with Crippen LogP contribution in [0, 0.1) is 5.92 Å². The molecule has 0 heterocycles. The van der Waals surface area contributed by atoms with Gasteiger partial charge in [0.15, 0.2) is 0 Å². The molecule has 4 nitrogen and oxygen atoms in total. The van der Waals surface area contributed by atoms with Gasteiger partial charge in [-0.3, -0.25) is 0 Å². The molecule has 0 aromatic heterocycles. The van der Waals surface area contributed by atoms with Crippen LogP contribution in [-0.2, 0) is 9.47 Å². The van der Waals surface area contributed by atoms with Gasteiger partial charge in [-0.2, -0.15) is 0 Å². The number of hydrogen-bond acceptors (Lipinski definition) is 4. The van der Waals surface area contributed by atoms with E-state index in [0.29, 0.717) is 24.6 Å². The summed E-state index contributed by atoms with van der Waals surface area (Å²) in [4.78, 5) is 0. The molecule has 2 rings (SSSR count). The largest absolute Gasteiger partial charge is 0.396 e. The Balaban J connectivity index is 1.82. The monoisotopic (exact) mass is 257 g/mol. The Morgan fingerprint density at radius 3 is 2.67 bits per heavy atom. The maximum atomic E-state index is 9.43. The van der Waals surface area contributed by atoms with Crippen LogP contribution in [0.1, 0.15) is 39.0 Å². The summed E-state index contributed by atoms with van der Waals surface area (Å²) in [7, 11) is 1.76. The van der Waals surface area contributed by atoms with Gasteiger partial charge in [-0.25, -0.2) is 0 Å². The maximum Gasteiger partial charge on any atom is 0.0986 e. The molecule has 106 valence electrons. The first-order chi connectivity index (χ1) is 8.80. The van der Waals surface area contributed by atoms with Crippen molar-refractivity contribution in [2.24, 2.45) is 5.92 Å². The molecule has 5 unspecified atom stereocenters. The molecule has 0 amide bonds. The molecule has 2 N–H and O–H groups in total. The molecule has 0 saturated heterocycles. The normalized spacial score (nSPS) is 40.5. The van der Waals surface area contributed by atoms with Gasteiger partial charge in [0.1, 0.15) is 0 Å². The predicted molar refractivity (Wildman–Crippen MR) is 70.6 cm³/mol. The van der Waals surface area contributed by atoms with E-state index >= 15 is 0 Å². The van der Waals surface area contributed by atoms with Gasteiger partial charge >= 0.3 is 0 Å². The lowest BCUT2D eigenvalue weighted by molar-refractivity contribution is -0.135. The highest BCUT2D eigenvalue weighted by molar-refractivity contribution is 4.99. The second-order valence-corrected chi connectivity index (χ2v) is 5.54. The topological polar surface area (TPSA) is 50.7 Å². The fourth-order valence-electron chi connectivity index (χ4n) is 3.36. The average molecular weight is 257 g/mol. The van der Waals surface area contributed by atoms with Crippen LogP contribution in [0.4, 0.5) is 0 Å². The first kappa shape index (κ1) is 14.3. The number of aliphatic hydroxyl groups excluding tert-OH is 1. The molecule has 0 aromatic carbocycles. The van der Waals surface area contributed by atoms with Gasteiger partial charge in [0.25, 0.3) is 0 Å². The third-order valence-corrected chi connectivity index (χ3v) is 4.47. The molecular weight excluding hydrogens is 230 g/mol. The van der Waals surface area contributed by atoms with Gasteiger partial charge in [0, 0.05) is 32.4 Å². The smallest absolute Gasteiger partial charge is 0.0986 e. The zero-order valence-corrected chi connectivity index (χ0v) is 11.6. The highest BCUT2D eigenvalue weighted by Crippen LogP contribution is 2.31. The van der Waals surface area contributed by atoms with Crippen LogP contribution in [0.25, 0.3) is 0 Å². The highest BCUT2D eigenvalue weighted by Gasteiger charge is 2.43. The van der Waals surface area contributed by atoms with Crippen molar-refractivity contribution in [3.8, 4) is 0 Å². The zero-order chi connectivity index (χ0) is 13.0. The van der Waals surface area contributed by atoms with E-state index in [1.165, 1.54) is 19.3 Å². The summed E-state index contributed by atoms with van der Waals surface area (Å²) in [5.74, 6) is 0.419. The Bertz CT molecular complexity index is 249. The van der Waals surface area contributed by atoms with Crippen molar-refractivity contribution in [1.82, 2.24) is 5.32 Å². The van der Waals surface area contributed by atoms with E-state index in [9.17, 15) is 5.11 Å². The third-order valence-electron chi connectivity index (χ3n) is 4.47. The van der Waals surface area contributed by atoms with Crippen LogP contribution in [-0.4, -0.2) is 49.7 Å². The van der Waals surface area contributed by atoms with Gasteiger partial charge in [0.05, 0.1) is 12.2 Å². The van der Waals surface area contributed by atoms with Gasteiger partial charge in [-0.15, -0.1) is 0 Å². The lowest BCUT2D eigenvalue weighted by atomic mass is 9.80. The molecule has 2 aliphatic rings. The van der Waals surface area contributed by atoms with E-state index in [4.69, 9.17) is 9.47 Å². The Hall–Kier alpha value is -0.160. The van der Waals surface area contributed by atoms with Crippen molar-refractivity contribution in [3.63, 3.8) is 0 Å². The number of nitrogens with one attached hydrogen (secondary N) is 1. The second-order valence-electron chi connectivity index (χ2n) is 5.54. The molecule has 18 heavy (non-hydrogen) atoms. The summed E-state index contributed by atoms with van der Waals surface area (Å²) in [6, 6.07) is 0.845. The molecule has 2 fully saturated rings. The van der Waals surface area contributed by atoms with Crippen LogP contribution in [0.15, 0.2) is 0 Å². The lowest BCUT2D eigenvalue weighted by Gasteiger charge is -2.46. The van der Waals surface area contributed by atoms with E-state index in [0.717, 1.165) is 19.4 Å². The highest BCUT2D eigenvalue weighted by atomic mass is 16.5. The van der Waals surface area contributed by atoms with Crippen LogP contribution in [0.2, 0.25) is 0 Å². The standard InChI is InChI=1S/C14H27NO3/c1-3-18-13-8-12(14(13)17-2)15-11-7-5-4-6-10(11)9-16/h10-16H,3-9H2,1-2H3. The summed E-state index contributed by atoms with van der Waals surface area (Å²) in [6.07, 6.45) is 6.29. The average Bonchev–Trinajstić information content (AvgIpc) is 2.38. The molecule has 0 bridgehead atoms. The molecule has 0 radical (unpaired) electrons. The van der Waals surface area contributed by atoms with Crippen molar-refractivity contribution in [1.29, 1.82) is 0 Å². The number of rotatable bonds is 6.